The molecule has 0 atom stereocenters. The molecule has 0 heterocycles. The molecule has 3 aromatic carbocycles. The van der Waals surface area contributed by atoms with E-state index in [1.807, 2.05) is 71.9 Å². The summed E-state index contributed by atoms with van der Waals surface area (Å²) in [6.07, 6.45) is 1.85. The lowest BCUT2D eigenvalue weighted by Crippen LogP contribution is -2.15. The van der Waals surface area contributed by atoms with Crippen LogP contribution in [0.15, 0.2) is 90.0 Å². The lowest BCUT2D eigenvalue weighted by Gasteiger charge is -2.19. The fourth-order valence-electron chi connectivity index (χ4n) is 2.24. The number of para-hydroxylation sites is 1. The van der Waals surface area contributed by atoms with Crippen molar-refractivity contribution < 1.29 is 0 Å². The summed E-state index contributed by atoms with van der Waals surface area (Å²) in [5.41, 5.74) is 3.29. The Hall–Kier alpha value is -2.58. The second-order valence-corrected chi connectivity index (χ2v) is 5.61. The molecule has 0 spiro atoms. The summed E-state index contributed by atoms with van der Waals surface area (Å²) in [7, 11) is 0. The van der Waals surface area contributed by atoms with Gasteiger partial charge in [0.15, 0.2) is 0 Å². The Kier molecular flexibility index (Phi) is 5.07. The van der Waals surface area contributed by atoms with E-state index in [1.165, 1.54) is 5.56 Å². The molecule has 3 heteroatoms. The van der Waals surface area contributed by atoms with Crippen LogP contribution in [-0.2, 0) is 6.54 Å². The average Bonchev–Trinajstić information content (AvgIpc) is 2.61. The number of anilines is 1. The van der Waals surface area contributed by atoms with Gasteiger partial charge in [0, 0.05) is 5.02 Å². The minimum absolute atomic E-state index is 0.717. The molecule has 0 amide bonds. The normalized spacial score (nSPS) is 10.8. The molecule has 0 aromatic heterocycles. The summed E-state index contributed by atoms with van der Waals surface area (Å²) in [4.78, 5) is 0. The van der Waals surface area contributed by atoms with E-state index in [9.17, 15) is 0 Å². The first-order valence-corrected chi connectivity index (χ1v) is 7.85. The molecule has 2 nitrogen and oxygen atoms in total. The first-order chi connectivity index (χ1) is 11.3. The number of nitrogens with zero attached hydrogens (tertiary/aromatic N) is 2. The zero-order valence-corrected chi connectivity index (χ0v) is 13.4. The molecule has 3 rings (SSSR count). The third kappa shape index (κ3) is 4.44. The summed E-state index contributed by atoms with van der Waals surface area (Å²) >= 11 is 5.92. The molecule has 114 valence electrons. The summed E-state index contributed by atoms with van der Waals surface area (Å²) in [5.74, 6) is 0. The first-order valence-electron chi connectivity index (χ1n) is 7.47. The highest BCUT2D eigenvalue weighted by molar-refractivity contribution is 6.30. The average molecular weight is 321 g/mol. The number of hydrogen-bond acceptors (Lipinski definition) is 2. The lowest BCUT2D eigenvalue weighted by molar-refractivity contribution is 0.858. The van der Waals surface area contributed by atoms with Crippen LogP contribution in [0.1, 0.15) is 11.1 Å². The fourth-order valence-corrected chi connectivity index (χ4v) is 2.37. The highest BCUT2D eigenvalue weighted by atomic mass is 35.5. The fraction of sp³-hybridized carbons (Fsp3) is 0.0500. The van der Waals surface area contributed by atoms with Crippen LogP contribution in [0.25, 0.3) is 0 Å². The summed E-state index contributed by atoms with van der Waals surface area (Å²) in [6.45, 7) is 0.717. The van der Waals surface area contributed by atoms with Crippen LogP contribution in [0.5, 0.6) is 0 Å². The standard InChI is InChI=1S/C20H17ClN2/c21-19-13-11-17(12-14-19)15-22-23(20-9-5-2-6-10-20)16-18-7-3-1-4-8-18/h1-15H,16H2/b22-15+. The van der Waals surface area contributed by atoms with E-state index >= 15 is 0 Å². The van der Waals surface area contributed by atoms with Crippen LogP contribution in [0.2, 0.25) is 5.02 Å². The summed E-state index contributed by atoms with van der Waals surface area (Å²) in [6, 6.07) is 28.1. The Labute approximate surface area is 141 Å². The van der Waals surface area contributed by atoms with Crippen molar-refractivity contribution >= 4 is 23.5 Å². The second kappa shape index (κ2) is 7.61. The molecule has 0 aliphatic heterocycles. The van der Waals surface area contributed by atoms with Crippen LogP contribution >= 0.6 is 11.6 Å². The van der Waals surface area contributed by atoms with Gasteiger partial charge in [0.05, 0.1) is 18.4 Å². The Morgan fingerprint density at radius 3 is 2.04 bits per heavy atom. The van der Waals surface area contributed by atoms with Crippen molar-refractivity contribution in [1.29, 1.82) is 0 Å². The maximum absolute atomic E-state index is 5.92. The van der Waals surface area contributed by atoms with Gasteiger partial charge in [-0.15, -0.1) is 0 Å². The van der Waals surface area contributed by atoms with E-state index in [0.29, 0.717) is 0 Å². The van der Waals surface area contributed by atoms with Crippen molar-refractivity contribution in [3.8, 4) is 0 Å². The monoisotopic (exact) mass is 320 g/mol. The third-order valence-electron chi connectivity index (χ3n) is 3.45. The highest BCUT2D eigenvalue weighted by Gasteiger charge is 2.05. The van der Waals surface area contributed by atoms with Crippen molar-refractivity contribution in [2.75, 3.05) is 5.01 Å². The molecule has 0 bridgehead atoms. The zero-order valence-electron chi connectivity index (χ0n) is 12.6. The SMILES string of the molecule is Clc1ccc(/C=N/N(Cc2ccccc2)c2ccccc2)cc1. The van der Waals surface area contributed by atoms with E-state index in [4.69, 9.17) is 11.6 Å². The Balaban J connectivity index is 1.84. The molecule has 0 unspecified atom stereocenters. The van der Waals surface area contributed by atoms with Gasteiger partial charge in [-0.1, -0.05) is 72.3 Å². The molecule has 23 heavy (non-hydrogen) atoms. The molecule has 0 N–H and O–H groups in total. The minimum Gasteiger partial charge on any atom is -0.261 e. The van der Waals surface area contributed by atoms with Crippen LogP contribution < -0.4 is 5.01 Å². The van der Waals surface area contributed by atoms with E-state index in [1.54, 1.807) is 0 Å². The smallest absolute Gasteiger partial charge is 0.0666 e. The maximum Gasteiger partial charge on any atom is 0.0666 e. The van der Waals surface area contributed by atoms with Crippen molar-refractivity contribution in [2.24, 2.45) is 5.10 Å². The lowest BCUT2D eigenvalue weighted by atomic mass is 10.2. The predicted octanol–water partition coefficient (Wildman–Crippen LogP) is 5.38. The quantitative estimate of drug-likeness (QED) is 0.455. The minimum atomic E-state index is 0.717. The topological polar surface area (TPSA) is 15.6 Å². The third-order valence-corrected chi connectivity index (χ3v) is 3.70. The van der Waals surface area contributed by atoms with Gasteiger partial charge in [-0.25, -0.2) is 0 Å². The van der Waals surface area contributed by atoms with E-state index < -0.39 is 0 Å². The van der Waals surface area contributed by atoms with Gasteiger partial charge in [-0.3, -0.25) is 5.01 Å². The second-order valence-electron chi connectivity index (χ2n) is 5.17. The zero-order chi connectivity index (χ0) is 15.9. The molecule has 0 fully saturated rings. The molecule has 0 saturated carbocycles. The molecule has 0 radical (unpaired) electrons. The molecule has 3 aromatic rings. The molecule has 0 aliphatic rings. The maximum atomic E-state index is 5.92. The van der Waals surface area contributed by atoms with Gasteiger partial charge >= 0.3 is 0 Å². The Bertz CT molecular complexity index is 753. The molecular weight excluding hydrogens is 304 g/mol. The van der Waals surface area contributed by atoms with Crippen LogP contribution in [0.4, 0.5) is 5.69 Å². The molecular formula is C20H17ClN2. The molecule has 0 saturated heterocycles. The predicted molar refractivity (Wildman–Crippen MR) is 98.1 cm³/mol. The number of halogens is 1. The first kappa shape index (κ1) is 15.3. The van der Waals surface area contributed by atoms with Gasteiger partial charge in [0.2, 0.25) is 0 Å². The van der Waals surface area contributed by atoms with E-state index in [0.717, 1.165) is 22.8 Å². The molecule has 0 aliphatic carbocycles. The highest BCUT2D eigenvalue weighted by Crippen LogP contribution is 2.17. The van der Waals surface area contributed by atoms with Crippen molar-refractivity contribution in [1.82, 2.24) is 0 Å². The van der Waals surface area contributed by atoms with Crippen molar-refractivity contribution in [3.05, 3.63) is 101 Å². The van der Waals surface area contributed by atoms with Crippen LogP contribution in [0.3, 0.4) is 0 Å². The van der Waals surface area contributed by atoms with E-state index in [2.05, 4.69) is 29.4 Å². The summed E-state index contributed by atoms with van der Waals surface area (Å²) in [5, 5.41) is 7.37. The Morgan fingerprint density at radius 1 is 0.783 bits per heavy atom. The van der Waals surface area contributed by atoms with Gasteiger partial charge < -0.3 is 0 Å². The van der Waals surface area contributed by atoms with Gasteiger partial charge in [-0.2, -0.15) is 5.10 Å². The van der Waals surface area contributed by atoms with Crippen LogP contribution in [-0.4, -0.2) is 6.21 Å². The van der Waals surface area contributed by atoms with Crippen molar-refractivity contribution in [2.45, 2.75) is 6.54 Å². The van der Waals surface area contributed by atoms with Gasteiger partial charge in [0.1, 0.15) is 0 Å². The van der Waals surface area contributed by atoms with E-state index in [-0.39, 0.29) is 0 Å². The van der Waals surface area contributed by atoms with Crippen molar-refractivity contribution in [3.63, 3.8) is 0 Å². The number of benzene rings is 3. The van der Waals surface area contributed by atoms with Gasteiger partial charge in [0.25, 0.3) is 0 Å². The number of rotatable bonds is 5. The summed E-state index contributed by atoms with van der Waals surface area (Å²) < 4.78 is 0. The number of hydrogen-bond donors (Lipinski definition) is 0. The van der Waals surface area contributed by atoms with Gasteiger partial charge in [-0.05, 0) is 35.4 Å². The largest absolute Gasteiger partial charge is 0.261 e. The Morgan fingerprint density at radius 2 is 1.39 bits per heavy atom. The number of hydrazone groups is 1. The van der Waals surface area contributed by atoms with Crippen LogP contribution in [0, 0.1) is 0 Å².